The first-order valence-electron chi connectivity index (χ1n) is 42.4. The van der Waals surface area contributed by atoms with Gasteiger partial charge in [-0.1, -0.05) is 107 Å². The van der Waals surface area contributed by atoms with Gasteiger partial charge in [-0.25, -0.2) is 48.3 Å². The van der Waals surface area contributed by atoms with Gasteiger partial charge >= 0.3 is 23.1 Å². The standard InChI is InChI=1S/C18H20F2.C18H18F2.C17H19F2NO.C17H15F2NO.C15H12F2O.C8H6ClFO.C7H6F.2C4H8O.CH4.B.BrH.Mg.H2/c2*1-4-5-16(17-10-14(19)8-6-12(17)2)18-11-15(20)9-7-13(18)3;2*1-11-3-5-13(18)9-15(11)17(21,7-8-20)16-10-14(19)6-4-12(16)2;1-9-3-5-11(16)7-13(9)15(18)14-8-12(17)6-4-10(14)2;1-5-2-3-6(10)4-7(5)8(9)11;1-6-2-4-7(8)5-3-6;2*1-2-4-5-3-1;;;;;/h6-11,16H,4-5H2,1-3H3;5-11H,4H2,1-3H3;3-6,9-10,21H,7-8,20H2,1-2H3;3-6,9-10,21H,7H2,1-2H3;3-8H,1-2H3;2-4H,1H3;2,4-5H,1H3;2*1-4H2;1H4;;1H;;1H/q;;;;;;-1;;;;;;+2;/p-1/i;;;;;;;;;;;;;1+1. The zero-order chi connectivity index (χ0) is 95.4. The van der Waals surface area contributed by atoms with Crippen molar-refractivity contribution >= 4 is 59.7 Å². The molecule has 4 N–H and O–H groups in total. The molecule has 3 radical (unpaired) electrons. The Morgan fingerprint density at radius 3 is 0.962 bits per heavy atom. The molecule has 14 rings (SSSR count). The van der Waals surface area contributed by atoms with Gasteiger partial charge in [0.15, 0.2) is 5.78 Å². The second kappa shape index (κ2) is 58.8. The third-order valence-corrected chi connectivity index (χ3v) is 21.7. The summed E-state index contributed by atoms with van der Waals surface area (Å²) in [5, 5.41) is 30.6. The second-order valence-electron chi connectivity index (χ2n) is 31.5. The summed E-state index contributed by atoms with van der Waals surface area (Å²) >= 11 is 5.17. The van der Waals surface area contributed by atoms with Gasteiger partial charge in [0.1, 0.15) is 75.2 Å². The topological polar surface area (TPSA) is 143 Å². The Hall–Kier alpha value is -10.2. The third kappa shape index (κ3) is 36.5. The summed E-state index contributed by atoms with van der Waals surface area (Å²) in [7, 11) is 0. The van der Waals surface area contributed by atoms with E-state index in [-0.39, 0.29) is 145 Å². The van der Waals surface area contributed by atoms with E-state index in [1.165, 1.54) is 183 Å². The van der Waals surface area contributed by atoms with E-state index in [0.29, 0.717) is 38.9 Å². The first kappa shape index (κ1) is 119. The molecule has 0 unspecified atom stereocenters. The molecule has 2 fully saturated rings. The maximum absolute atomic E-state index is 13.6. The SMILES string of the molecule is C.C1CCOC1.C1CCOC1.CCC=C(c1cc(F)ccc1C)c1cc(F)ccc1C.CCCC(c1cc(F)ccc1C)c1cc(F)ccc1C.Cc1[c-]cc(F)cc1.Cc1ccc(F)cc1C(=O)Cl.Cc1ccc(F)cc1C(=O)c1cc(F)ccc1C.Cc1ccc(F)cc1C(O)(CC#N)c1cc(F)ccc1C.Cc1ccc(F)cc1C(O)(CCN)c1cc(F)ccc1C.[2HH].[B].[Br-].[Mg+2]. The number of nitriles is 1. The van der Waals surface area contributed by atoms with E-state index in [0.717, 1.165) is 119 Å². The van der Waals surface area contributed by atoms with Crippen molar-refractivity contribution in [1.82, 2.24) is 0 Å². The van der Waals surface area contributed by atoms with Gasteiger partial charge in [0.2, 0.25) is 0 Å². The molecule has 2 saturated heterocycles. The fourth-order valence-electron chi connectivity index (χ4n) is 14.4. The van der Waals surface area contributed by atoms with Crippen molar-refractivity contribution in [3.63, 3.8) is 0 Å². The Balaban J connectivity index is 0.000000772. The van der Waals surface area contributed by atoms with Crippen LogP contribution < -0.4 is 22.7 Å². The van der Waals surface area contributed by atoms with Crippen LogP contribution in [0.3, 0.4) is 0 Å². The molecule has 0 bridgehead atoms. The second-order valence-corrected chi connectivity index (χ2v) is 31.9. The molecule has 0 amide bonds. The average molecular weight is 1930 g/mol. The van der Waals surface area contributed by atoms with E-state index in [1.807, 2.05) is 53.7 Å². The number of aliphatic hydroxyl groups is 2. The van der Waals surface area contributed by atoms with Crippen LogP contribution in [0.1, 0.15) is 224 Å². The molecule has 8 nitrogen and oxygen atoms in total. The van der Waals surface area contributed by atoms with Crippen LogP contribution in [0.25, 0.3) is 5.57 Å². The molecule has 703 valence electrons. The van der Waals surface area contributed by atoms with E-state index in [2.05, 4.69) is 13.0 Å². The molecule has 0 aromatic heterocycles. The van der Waals surface area contributed by atoms with Crippen LogP contribution in [-0.2, 0) is 20.7 Å². The van der Waals surface area contributed by atoms with Crippen molar-refractivity contribution in [3.8, 4) is 6.07 Å². The first-order valence-corrected chi connectivity index (χ1v) is 42.7. The normalized spacial score (nSPS) is 11.4. The Morgan fingerprint density at radius 1 is 0.429 bits per heavy atom. The van der Waals surface area contributed by atoms with Crippen LogP contribution in [0.2, 0.25) is 0 Å². The van der Waals surface area contributed by atoms with Crippen LogP contribution in [0, 0.1) is 170 Å². The molecule has 2 heterocycles. The smallest absolute Gasteiger partial charge is 1.00 e. The molecule has 133 heavy (non-hydrogen) atoms. The van der Waals surface area contributed by atoms with E-state index < -0.39 is 57.2 Å². The first-order chi connectivity index (χ1) is 61.2. The van der Waals surface area contributed by atoms with Crippen molar-refractivity contribution in [3.05, 3.63) is 428 Å². The van der Waals surface area contributed by atoms with Gasteiger partial charge in [0.25, 0.3) is 5.24 Å². The van der Waals surface area contributed by atoms with Crippen molar-refractivity contribution in [2.24, 2.45) is 5.73 Å². The van der Waals surface area contributed by atoms with Crippen LogP contribution >= 0.6 is 11.6 Å². The average Bonchev–Trinajstić information content (AvgIpc) is 1.01. The predicted octanol–water partition coefficient (Wildman–Crippen LogP) is 24.8. The van der Waals surface area contributed by atoms with Gasteiger partial charge in [-0.15, -0.1) is 12.1 Å². The van der Waals surface area contributed by atoms with E-state index in [4.69, 9.17) is 32.1 Å². The van der Waals surface area contributed by atoms with Gasteiger partial charge in [0, 0.05) is 64.7 Å². The molecule has 0 saturated carbocycles. The fourth-order valence-corrected chi connectivity index (χ4v) is 14.6. The van der Waals surface area contributed by atoms with E-state index in [1.54, 1.807) is 103 Å². The molecule has 2 aliphatic rings. The van der Waals surface area contributed by atoms with Gasteiger partial charge < -0.3 is 42.4 Å². The molecule has 2 aliphatic heterocycles. The Labute approximate surface area is 812 Å². The minimum absolute atomic E-state index is 0. The van der Waals surface area contributed by atoms with Gasteiger partial charge in [0.05, 0.1) is 12.5 Å². The zero-order valence-electron chi connectivity index (χ0n) is 77.0. The van der Waals surface area contributed by atoms with E-state index >= 15 is 0 Å². The molecule has 0 aliphatic carbocycles. The Morgan fingerprint density at radius 2 is 0.699 bits per heavy atom. The number of nitrogens with two attached hydrogens (primary N) is 1. The maximum Gasteiger partial charge on any atom is 2.00 e. The summed E-state index contributed by atoms with van der Waals surface area (Å²) in [6.45, 7) is 30.2. The number of hydrogen-bond acceptors (Lipinski definition) is 8. The number of ether oxygens (including phenoxy) is 2. The number of benzene rings is 12. The largest absolute Gasteiger partial charge is 2.00 e. The molecule has 0 atom stereocenters. The summed E-state index contributed by atoms with van der Waals surface area (Å²) in [5.41, 5.74) is 18.8. The summed E-state index contributed by atoms with van der Waals surface area (Å²) in [5.74, 6) is -4.87. The molecular formula is C109H118BBrClF12MgN2O6. The van der Waals surface area contributed by atoms with Crippen molar-refractivity contribution in [2.45, 2.75) is 179 Å². The van der Waals surface area contributed by atoms with Gasteiger partial charge in [-0.05, 0) is 384 Å². The van der Waals surface area contributed by atoms with Crippen LogP contribution in [0.4, 0.5) is 52.7 Å². The molecule has 12 aromatic rings. The minimum Gasteiger partial charge on any atom is -1.00 e. The van der Waals surface area contributed by atoms with Crippen molar-refractivity contribution in [2.75, 3.05) is 33.0 Å². The maximum atomic E-state index is 13.6. The van der Waals surface area contributed by atoms with Crippen LogP contribution in [-0.4, -0.2) is 85.7 Å². The quantitative estimate of drug-likeness (QED) is 0.0269. The van der Waals surface area contributed by atoms with Gasteiger partial charge in [-0.2, -0.15) is 23.0 Å². The molecule has 12 aromatic carbocycles. The third-order valence-electron chi connectivity index (χ3n) is 21.5. The number of ketones is 1. The van der Waals surface area contributed by atoms with Crippen molar-refractivity contribution < 1.29 is 100 Å². The number of hydrogen-bond donors (Lipinski definition) is 3. The number of carbonyl (C=O) groups excluding carboxylic acids is 2. The number of nitrogens with zero attached hydrogens (tertiary/aromatic N) is 1. The molecule has 0 spiro atoms. The zero-order valence-corrected chi connectivity index (χ0v) is 80.7. The number of carbonyl (C=O) groups is 2. The fraction of sp³-hybridized carbons (Fsp3) is 0.294. The number of halogens is 14. The summed E-state index contributed by atoms with van der Waals surface area (Å²) in [4.78, 5) is 22.9. The predicted molar refractivity (Wildman–Crippen MR) is 511 cm³/mol. The Kier molecular flexibility index (Phi) is 52.6. The van der Waals surface area contributed by atoms with Crippen LogP contribution in [0.5, 0.6) is 0 Å². The molecular weight excluding hydrogens is 1810 g/mol. The number of rotatable bonds is 17. The number of aryl methyl sites for hydroxylation is 12. The summed E-state index contributed by atoms with van der Waals surface area (Å²) in [6, 6.07) is 56.6. The van der Waals surface area contributed by atoms with E-state index in [9.17, 15) is 72.5 Å². The summed E-state index contributed by atoms with van der Waals surface area (Å²) in [6.07, 6.45) is 9.68. The summed E-state index contributed by atoms with van der Waals surface area (Å²) < 4.78 is 169. The molecule has 24 heteroatoms. The monoisotopic (exact) mass is 1930 g/mol. The minimum atomic E-state index is -1.74. The Bertz CT molecular complexity index is 5510. The van der Waals surface area contributed by atoms with Crippen molar-refractivity contribution in [1.29, 1.82) is 5.26 Å². The number of allylic oxidation sites excluding steroid dienone is 1. The van der Waals surface area contributed by atoms with Crippen LogP contribution in [0.15, 0.2) is 224 Å². The van der Waals surface area contributed by atoms with Gasteiger partial charge in [-0.3, -0.25) is 14.0 Å².